The summed E-state index contributed by atoms with van der Waals surface area (Å²) in [6.45, 7) is 8.24. The molecular formula is C31H38N6O4Si. The molecule has 1 saturated carbocycles. The standard InChI is InChI=1S/C31H38N6O4Si/c1-42(2,3)16-15-39-22-37-35-30(34-36-37)25-17-24(19-32-20-25)28-18-27(41-31(38)33-26-11-7-8-12-26)13-14-29(28)40-21-23-9-5-4-6-10-23/h4-6,9-10,13-14,17-20,26H,7-8,11-12,15-16,21-22H2,1-3H3,(H,33,38). The summed E-state index contributed by atoms with van der Waals surface area (Å²) in [4.78, 5) is 18.5. The van der Waals surface area contributed by atoms with Gasteiger partial charge in [-0.15, -0.1) is 15.0 Å². The first-order valence-corrected chi connectivity index (χ1v) is 18.1. The molecule has 220 valence electrons. The molecular weight excluding hydrogens is 548 g/mol. The maximum Gasteiger partial charge on any atom is 0.412 e. The first-order valence-electron chi connectivity index (χ1n) is 14.4. The Hall–Kier alpha value is -4.09. The molecule has 2 aromatic carbocycles. The lowest BCUT2D eigenvalue weighted by atomic mass is 10.0. The van der Waals surface area contributed by atoms with Crippen molar-refractivity contribution in [2.45, 2.75) is 70.7 Å². The molecule has 11 heteroatoms. The molecule has 1 aliphatic rings. The minimum Gasteiger partial charge on any atom is -0.488 e. The lowest BCUT2D eigenvalue weighted by molar-refractivity contribution is 0.0674. The molecule has 10 nitrogen and oxygen atoms in total. The van der Waals surface area contributed by atoms with Crippen molar-refractivity contribution in [1.29, 1.82) is 0 Å². The molecule has 0 bridgehead atoms. The summed E-state index contributed by atoms with van der Waals surface area (Å²) in [5, 5.41) is 15.8. The Morgan fingerprint density at radius 3 is 2.60 bits per heavy atom. The molecule has 0 saturated heterocycles. The monoisotopic (exact) mass is 586 g/mol. The third-order valence-corrected chi connectivity index (χ3v) is 8.74. The summed E-state index contributed by atoms with van der Waals surface area (Å²) in [6.07, 6.45) is 7.19. The predicted molar refractivity (Wildman–Crippen MR) is 163 cm³/mol. The molecule has 2 heterocycles. The van der Waals surface area contributed by atoms with E-state index < -0.39 is 14.2 Å². The van der Waals surface area contributed by atoms with Crippen molar-refractivity contribution in [2.24, 2.45) is 0 Å². The number of carbonyl (C=O) groups excluding carboxylic acids is 1. The van der Waals surface area contributed by atoms with E-state index in [0.29, 0.717) is 36.1 Å². The number of ether oxygens (including phenoxy) is 3. The van der Waals surface area contributed by atoms with Gasteiger partial charge in [-0.1, -0.05) is 62.8 Å². The highest BCUT2D eigenvalue weighted by atomic mass is 28.3. The van der Waals surface area contributed by atoms with Gasteiger partial charge in [-0.2, -0.15) is 0 Å². The van der Waals surface area contributed by atoms with E-state index in [-0.39, 0.29) is 12.8 Å². The van der Waals surface area contributed by atoms with Crippen molar-refractivity contribution in [1.82, 2.24) is 30.5 Å². The van der Waals surface area contributed by atoms with Crippen LogP contribution in [-0.4, -0.2) is 52.0 Å². The predicted octanol–water partition coefficient (Wildman–Crippen LogP) is 6.32. The number of pyridine rings is 1. The van der Waals surface area contributed by atoms with Gasteiger partial charge in [0.05, 0.1) is 0 Å². The number of hydrogen-bond acceptors (Lipinski definition) is 8. The Bertz CT molecular complexity index is 1470. The van der Waals surface area contributed by atoms with Gasteiger partial charge in [0.25, 0.3) is 0 Å². The first-order chi connectivity index (χ1) is 20.3. The summed E-state index contributed by atoms with van der Waals surface area (Å²) in [5.41, 5.74) is 3.23. The van der Waals surface area contributed by atoms with Crippen LogP contribution in [0.15, 0.2) is 67.0 Å². The van der Waals surface area contributed by atoms with E-state index in [1.165, 1.54) is 4.80 Å². The van der Waals surface area contributed by atoms with Crippen molar-refractivity contribution in [2.75, 3.05) is 6.61 Å². The molecule has 1 amide bonds. The van der Waals surface area contributed by atoms with E-state index >= 15 is 0 Å². The lowest BCUT2D eigenvalue weighted by Crippen LogP contribution is -2.34. The van der Waals surface area contributed by atoms with Crippen LogP contribution in [0.4, 0.5) is 4.79 Å². The number of carbonyl (C=O) groups is 1. The molecule has 0 unspecified atom stereocenters. The Balaban J connectivity index is 1.35. The SMILES string of the molecule is C[Si](C)(C)CCOCn1nnc(-c2cncc(-c3cc(OC(=O)NC4CCCC4)ccc3OCc3ccccc3)c2)n1. The number of benzene rings is 2. The molecule has 4 aromatic rings. The first kappa shape index (κ1) is 29.4. The fourth-order valence-corrected chi connectivity index (χ4v) is 5.44. The van der Waals surface area contributed by atoms with E-state index in [1.807, 2.05) is 42.5 Å². The molecule has 1 N–H and O–H groups in total. The summed E-state index contributed by atoms with van der Waals surface area (Å²) in [6, 6.07) is 18.5. The van der Waals surface area contributed by atoms with E-state index in [1.54, 1.807) is 24.5 Å². The molecule has 1 aliphatic carbocycles. The maximum atomic E-state index is 12.6. The molecule has 42 heavy (non-hydrogen) atoms. The average Bonchev–Trinajstić information content (AvgIpc) is 3.67. The average molecular weight is 587 g/mol. The molecule has 0 radical (unpaired) electrons. The number of aromatic nitrogens is 5. The van der Waals surface area contributed by atoms with E-state index in [4.69, 9.17) is 14.2 Å². The maximum absolute atomic E-state index is 12.6. The van der Waals surface area contributed by atoms with Gasteiger partial charge in [0, 0.05) is 49.8 Å². The number of rotatable bonds is 12. The van der Waals surface area contributed by atoms with Gasteiger partial charge < -0.3 is 19.5 Å². The molecule has 1 fully saturated rings. The second kappa shape index (κ2) is 13.7. The van der Waals surface area contributed by atoms with Gasteiger partial charge in [-0.05, 0) is 53.9 Å². The zero-order valence-corrected chi connectivity index (χ0v) is 25.5. The second-order valence-corrected chi connectivity index (χ2v) is 17.4. The van der Waals surface area contributed by atoms with Crippen LogP contribution in [0, 0.1) is 0 Å². The zero-order chi connectivity index (χ0) is 29.4. The van der Waals surface area contributed by atoms with Crippen LogP contribution in [0.25, 0.3) is 22.5 Å². The van der Waals surface area contributed by atoms with Crippen LogP contribution in [-0.2, 0) is 18.1 Å². The Kier molecular flexibility index (Phi) is 9.60. The molecule has 0 spiro atoms. The fourth-order valence-electron chi connectivity index (χ4n) is 4.68. The van der Waals surface area contributed by atoms with Gasteiger partial charge in [0.2, 0.25) is 5.82 Å². The zero-order valence-electron chi connectivity index (χ0n) is 24.5. The Labute approximate surface area is 247 Å². The van der Waals surface area contributed by atoms with Crippen LogP contribution in [0.5, 0.6) is 11.5 Å². The topological polar surface area (TPSA) is 113 Å². The Morgan fingerprint density at radius 2 is 1.81 bits per heavy atom. The van der Waals surface area contributed by atoms with Crippen molar-refractivity contribution in [3.05, 3.63) is 72.6 Å². The quantitative estimate of drug-likeness (QED) is 0.151. The van der Waals surface area contributed by atoms with Crippen molar-refractivity contribution in [3.63, 3.8) is 0 Å². The van der Waals surface area contributed by atoms with Crippen molar-refractivity contribution >= 4 is 14.2 Å². The van der Waals surface area contributed by atoms with Gasteiger partial charge in [-0.3, -0.25) is 4.98 Å². The largest absolute Gasteiger partial charge is 0.488 e. The van der Waals surface area contributed by atoms with Crippen LogP contribution < -0.4 is 14.8 Å². The number of tetrazole rings is 1. The smallest absolute Gasteiger partial charge is 0.412 e. The summed E-state index contributed by atoms with van der Waals surface area (Å²) < 4.78 is 17.7. The van der Waals surface area contributed by atoms with Gasteiger partial charge in [0.15, 0.2) is 6.73 Å². The summed E-state index contributed by atoms with van der Waals surface area (Å²) in [7, 11) is -1.17. The van der Waals surface area contributed by atoms with Crippen molar-refractivity contribution < 1.29 is 19.0 Å². The third kappa shape index (κ3) is 8.46. The highest BCUT2D eigenvalue weighted by molar-refractivity contribution is 6.76. The normalized spacial score (nSPS) is 13.7. The van der Waals surface area contributed by atoms with Crippen LogP contribution in [0.1, 0.15) is 31.2 Å². The van der Waals surface area contributed by atoms with E-state index in [0.717, 1.165) is 48.4 Å². The number of amides is 1. The number of nitrogens with zero attached hydrogens (tertiary/aromatic N) is 5. The summed E-state index contributed by atoms with van der Waals surface area (Å²) in [5.74, 6) is 1.49. The molecule has 0 aliphatic heterocycles. The van der Waals surface area contributed by atoms with Crippen molar-refractivity contribution in [3.8, 4) is 34.0 Å². The van der Waals surface area contributed by atoms with Gasteiger partial charge in [0.1, 0.15) is 18.1 Å². The summed E-state index contributed by atoms with van der Waals surface area (Å²) >= 11 is 0. The highest BCUT2D eigenvalue weighted by Gasteiger charge is 2.19. The van der Waals surface area contributed by atoms with Gasteiger partial charge >= 0.3 is 6.09 Å². The number of nitrogens with one attached hydrogen (secondary N) is 1. The second-order valence-electron chi connectivity index (χ2n) is 11.7. The van der Waals surface area contributed by atoms with E-state index in [9.17, 15) is 4.79 Å². The van der Waals surface area contributed by atoms with Crippen LogP contribution in [0.3, 0.4) is 0 Å². The minimum atomic E-state index is -1.17. The Morgan fingerprint density at radius 1 is 1.02 bits per heavy atom. The van der Waals surface area contributed by atoms with Crippen LogP contribution in [0.2, 0.25) is 25.7 Å². The van der Waals surface area contributed by atoms with E-state index in [2.05, 4.69) is 45.4 Å². The number of hydrogen-bond donors (Lipinski definition) is 1. The third-order valence-electron chi connectivity index (χ3n) is 7.04. The lowest BCUT2D eigenvalue weighted by Gasteiger charge is -2.15. The van der Waals surface area contributed by atoms with Gasteiger partial charge in [-0.25, -0.2) is 4.79 Å². The highest BCUT2D eigenvalue weighted by Crippen LogP contribution is 2.35. The molecule has 0 atom stereocenters. The minimum absolute atomic E-state index is 0.165. The molecule has 2 aromatic heterocycles. The fraction of sp³-hybridized carbons (Fsp3) is 0.387. The van der Waals surface area contributed by atoms with Crippen LogP contribution >= 0.6 is 0 Å². The molecule has 5 rings (SSSR count).